The molecule has 0 fully saturated rings. The van der Waals surface area contributed by atoms with Crippen LogP contribution in [0.3, 0.4) is 0 Å². The number of aromatic nitrogens is 1. The Morgan fingerprint density at radius 2 is 1.90 bits per heavy atom. The first kappa shape index (κ1) is 13.4. The highest BCUT2D eigenvalue weighted by Crippen LogP contribution is 2.31. The van der Waals surface area contributed by atoms with Gasteiger partial charge < -0.3 is 9.72 Å². The van der Waals surface area contributed by atoms with Crippen molar-refractivity contribution < 1.29 is 9.53 Å². The van der Waals surface area contributed by atoms with Crippen molar-refractivity contribution >= 4 is 17.2 Å². The molecule has 0 bridgehead atoms. The van der Waals surface area contributed by atoms with Gasteiger partial charge in [0.15, 0.2) is 6.29 Å². The molecule has 1 N–H and O–H groups in total. The highest BCUT2D eigenvalue weighted by molar-refractivity contribution is 6.04. The van der Waals surface area contributed by atoms with Gasteiger partial charge in [0.2, 0.25) is 0 Å². The molecule has 2 aromatic carbocycles. The highest BCUT2D eigenvalue weighted by atomic mass is 16.5. The van der Waals surface area contributed by atoms with E-state index < -0.39 is 0 Å². The minimum atomic E-state index is 0.674. The van der Waals surface area contributed by atoms with E-state index in [0.29, 0.717) is 5.56 Å². The highest BCUT2D eigenvalue weighted by Gasteiger charge is 2.13. The molecule has 3 nitrogen and oxygen atoms in total. The molecular weight excluding hydrogens is 262 g/mol. The number of aldehydes is 1. The van der Waals surface area contributed by atoms with Gasteiger partial charge in [0.1, 0.15) is 5.75 Å². The predicted octanol–water partition coefficient (Wildman–Crippen LogP) is 4.22. The number of carbonyl (C=O) groups excluding carboxylic acids is 1. The van der Waals surface area contributed by atoms with Crippen LogP contribution >= 0.6 is 0 Å². The Hall–Kier alpha value is -2.55. The Kier molecular flexibility index (Phi) is 3.48. The van der Waals surface area contributed by atoms with Crippen molar-refractivity contribution in [2.24, 2.45) is 0 Å². The van der Waals surface area contributed by atoms with Crippen LogP contribution < -0.4 is 4.74 Å². The predicted molar refractivity (Wildman–Crippen MR) is 85.1 cm³/mol. The third-order valence-electron chi connectivity index (χ3n) is 3.81. The fourth-order valence-corrected chi connectivity index (χ4v) is 2.58. The summed E-state index contributed by atoms with van der Waals surface area (Å²) in [5.41, 5.74) is 4.77. The molecule has 3 heteroatoms. The van der Waals surface area contributed by atoms with E-state index in [2.05, 4.69) is 24.0 Å². The van der Waals surface area contributed by atoms with Crippen molar-refractivity contribution in [1.29, 1.82) is 0 Å². The third kappa shape index (κ3) is 2.31. The molecule has 0 aliphatic rings. The number of rotatable bonds is 4. The number of ether oxygens (including phenoxy) is 1. The molecule has 21 heavy (non-hydrogen) atoms. The molecule has 0 radical (unpaired) electrons. The lowest BCUT2D eigenvalue weighted by Crippen LogP contribution is -1.86. The quantitative estimate of drug-likeness (QED) is 0.727. The minimum Gasteiger partial charge on any atom is -0.497 e. The standard InChI is InChI=1S/C18H17NO2/c1-3-12-4-6-13(7-5-12)18-16(11-20)15-10-14(21-2)8-9-17(15)19-18/h4-11,19H,3H2,1-2H3. The number of fused-ring (bicyclic) bond motifs is 1. The van der Waals surface area contributed by atoms with Crippen LogP contribution in [0.4, 0.5) is 0 Å². The topological polar surface area (TPSA) is 42.1 Å². The molecule has 0 amide bonds. The van der Waals surface area contributed by atoms with Crippen LogP contribution in [0.15, 0.2) is 42.5 Å². The summed E-state index contributed by atoms with van der Waals surface area (Å²) in [4.78, 5) is 14.9. The zero-order chi connectivity index (χ0) is 14.8. The summed E-state index contributed by atoms with van der Waals surface area (Å²) in [7, 11) is 1.62. The van der Waals surface area contributed by atoms with Gasteiger partial charge in [0.25, 0.3) is 0 Å². The van der Waals surface area contributed by atoms with Crippen LogP contribution in [-0.4, -0.2) is 18.4 Å². The number of benzene rings is 2. The maximum atomic E-state index is 11.5. The van der Waals surface area contributed by atoms with Crippen LogP contribution in [0.2, 0.25) is 0 Å². The van der Waals surface area contributed by atoms with Gasteiger partial charge in [-0.05, 0) is 35.7 Å². The molecule has 0 unspecified atom stereocenters. The number of aryl methyl sites for hydroxylation is 1. The van der Waals surface area contributed by atoms with Gasteiger partial charge in [-0.2, -0.15) is 0 Å². The molecule has 0 saturated carbocycles. The van der Waals surface area contributed by atoms with E-state index in [1.165, 1.54) is 5.56 Å². The van der Waals surface area contributed by atoms with E-state index in [0.717, 1.165) is 40.6 Å². The summed E-state index contributed by atoms with van der Waals surface area (Å²) in [6.45, 7) is 2.13. The second-order valence-electron chi connectivity index (χ2n) is 4.99. The summed E-state index contributed by atoms with van der Waals surface area (Å²) >= 11 is 0. The first-order chi connectivity index (χ1) is 10.3. The molecule has 0 saturated heterocycles. The van der Waals surface area contributed by atoms with Crippen LogP contribution in [0.25, 0.3) is 22.2 Å². The number of methoxy groups -OCH3 is 1. The Morgan fingerprint density at radius 1 is 1.14 bits per heavy atom. The number of hydrogen-bond acceptors (Lipinski definition) is 2. The third-order valence-corrected chi connectivity index (χ3v) is 3.81. The summed E-state index contributed by atoms with van der Waals surface area (Å²) in [6.07, 6.45) is 1.91. The van der Waals surface area contributed by atoms with E-state index in [4.69, 9.17) is 4.74 Å². The van der Waals surface area contributed by atoms with Gasteiger partial charge in [-0.1, -0.05) is 31.2 Å². The summed E-state index contributed by atoms with van der Waals surface area (Å²) in [5.74, 6) is 0.748. The van der Waals surface area contributed by atoms with E-state index in [1.807, 2.05) is 30.3 Å². The smallest absolute Gasteiger partial charge is 0.152 e. The van der Waals surface area contributed by atoms with E-state index in [1.54, 1.807) is 7.11 Å². The molecule has 106 valence electrons. The summed E-state index contributed by atoms with van der Waals surface area (Å²) < 4.78 is 5.24. The maximum Gasteiger partial charge on any atom is 0.152 e. The first-order valence-electron chi connectivity index (χ1n) is 7.01. The van der Waals surface area contributed by atoms with Gasteiger partial charge in [0, 0.05) is 16.5 Å². The molecular formula is C18H17NO2. The van der Waals surface area contributed by atoms with Gasteiger partial charge >= 0.3 is 0 Å². The minimum absolute atomic E-state index is 0.674. The molecule has 3 rings (SSSR count). The molecule has 0 spiro atoms. The van der Waals surface area contributed by atoms with Gasteiger partial charge in [-0.3, -0.25) is 4.79 Å². The Labute approximate surface area is 123 Å². The number of carbonyl (C=O) groups is 1. The number of nitrogens with one attached hydrogen (secondary N) is 1. The molecule has 0 aliphatic heterocycles. The Bertz CT molecular complexity index is 785. The van der Waals surface area contributed by atoms with E-state index in [-0.39, 0.29) is 0 Å². The molecule has 1 heterocycles. The van der Waals surface area contributed by atoms with E-state index in [9.17, 15) is 4.79 Å². The van der Waals surface area contributed by atoms with Crippen molar-refractivity contribution in [3.63, 3.8) is 0 Å². The zero-order valence-corrected chi connectivity index (χ0v) is 12.1. The Morgan fingerprint density at radius 3 is 2.52 bits per heavy atom. The number of H-pyrrole nitrogens is 1. The fraction of sp³-hybridized carbons (Fsp3) is 0.167. The largest absolute Gasteiger partial charge is 0.497 e. The van der Waals surface area contributed by atoms with Crippen LogP contribution in [0.1, 0.15) is 22.8 Å². The second kappa shape index (κ2) is 5.44. The summed E-state index contributed by atoms with van der Waals surface area (Å²) in [6, 6.07) is 14.0. The average molecular weight is 279 g/mol. The van der Waals surface area contributed by atoms with Crippen molar-refractivity contribution in [1.82, 2.24) is 4.98 Å². The Balaban J connectivity index is 2.19. The van der Waals surface area contributed by atoms with Gasteiger partial charge in [0.05, 0.1) is 12.8 Å². The molecule has 0 atom stereocenters. The monoisotopic (exact) mass is 279 g/mol. The number of aromatic amines is 1. The van der Waals surface area contributed by atoms with Crippen molar-refractivity contribution in [2.75, 3.05) is 7.11 Å². The van der Waals surface area contributed by atoms with E-state index >= 15 is 0 Å². The lowest BCUT2D eigenvalue weighted by Gasteiger charge is -2.02. The first-order valence-corrected chi connectivity index (χ1v) is 7.01. The zero-order valence-electron chi connectivity index (χ0n) is 12.1. The van der Waals surface area contributed by atoms with Gasteiger partial charge in [-0.15, -0.1) is 0 Å². The summed E-state index contributed by atoms with van der Waals surface area (Å²) in [5, 5.41) is 0.888. The SMILES string of the molecule is CCc1ccc(-c2[nH]c3ccc(OC)cc3c2C=O)cc1. The normalized spacial score (nSPS) is 10.8. The maximum absolute atomic E-state index is 11.5. The average Bonchev–Trinajstić information content (AvgIpc) is 2.92. The van der Waals surface area contributed by atoms with Crippen molar-refractivity contribution in [3.8, 4) is 17.0 Å². The van der Waals surface area contributed by atoms with Crippen LogP contribution in [0.5, 0.6) is 5.75 Å². The van der Waals surface area contributed by atoms with Crippen LogP contribution in [-0.2, 0) is 6.42 Å². The van der Waals surface area contributed by atoms with Crippen LogP contribution in [0, 0.1) is 0 Å². The van der Waals surface area contributed by atoms with Crippen molar-refractivity contribution in [3.05, 3.63) is 53.6 Å². The van der Waals surface area contributed by atoms with Gasteiger partial charge in [-0.25, -0.2) is 0 Å². The van der Waals surface area contributed by atoms with Crippen molar-refractivity contribution in [2.45, 2.75) is 13.3 Å². The lowest BCUT2D eigenvalue weighted by molar-refractivity contribution is 0.112. The lowest BCUT2D eigenvalue weighted by atomic mass is 10.0. The second-order valence-corrected chi connectivity index (χ2v) is 4.99. The molecule has 0 aliphatic carbocycles. The molecule has 1 aromatic heterocycles. The fourth-order valence-electron chi connectivity index (χ4n) is 2.58. The number of hydrogen-bond donors (Lipinski definition) is 1. The molecule has 3 aromatic rings.